The Morgan fingerprint density at radius 1 is 1.43 bits per heavy atom. The summed E-state index contributed by atoms with van der Waals surface area (Å²) >= 11 is 0. The number of hydrogen-bond donors (Lipinski definition) is 0. The summed E-state index contributed by atoms with van der Waals surface area (Å²) in [6, 6.07) is 3.97. The minimum atomic E-state index is -0.455. The normalized spacial score (nSPS) is 20.3. The van der Waals surface area contributed by atoms with Gasteiger partial charge in [-0.1, -0.05) is 0 Å². The van der Waals surface area contributed by atoms with Gasteiger partial charge in [0.2, 0.25) is 0 Å². The summed E-state index contributed by atoms with van der Waals surface area (Å²) in [4.78, 5) is 14.2. The van der Waals surface area contributed by atoms with Crippen LogP contribution in [0.4, 0.5) is 4.79 Å². The molecule has 2 rings (SSSR count). The average Bonchev–Trinajstić information content (AvgIpc) is 3.00. The molecule has 2 atom stereocenters. The molecule has 0 spiro atoms. The van der Waals surface area contributed by atoms with Crippen LogP contribution in [0.3, 0.4) is 0 Å². The molecule has 1 fully saturated rings. The minimum Gasteiger partial charge on any atom is -0.467 e. The van der Waals surface area contributed by atoms with Crippen LogP contribution in [0.15, 0.2) is 22.8 Å². The molecule has 0 aromatic carbocycles. The lowest BCUT2D eigenvalue weighted by Crippen LogP contribution is -2.46. The zero-order chi connectivity index (χ0) is 16.9. The van der Waals surface area contributed by atoms with E-state index < -0.39 is 5.60 Å². The third-order valence-electron chi connectivity index (χ3n) is 4.02. The van der Waals surface area contributed by atoms with Crippen LogP contribution in [0.25, 0.3) is 0 Å². The third kappa shape index (κ3) is 5.57. The first-order valence-corrected chi connectivity index (χ1v) is 8.51. The maximum Gasteiger partial charge on any atom is 0.410 e. The van der Waals surface area contributed by atoms with Crippen LogP contribution in [0, 0.1) is 0 Å². The van der Waals surface area contributed by atoms with Crippen molar-refractivity contribution >= 4 is 6.09 Å². The molecule has 1 aromatic heterocycles. The molecule has 1 aliphatic rings. The highest BCUT2D eigenvalue weighted by atomic mass is 16.6. The summed E-state index contributed by atoms with van der Waals surface area (Å²) in [5.74, 6) is 0.831. The van der Waals surface area contributed by atoms with E-state index in [9.17, 15) is 4.79 Å². The lowest BCUT2D eigenvalue weighted by atomic mass is 10.0. The van der Waals surface area contributed by atoms with Crippen molar-refractivity contribution in [2.24, 2.45) is 0 Å². The molecule has 0 N–H and O–H groups in total. The number of rotatable bonds is 5. The van der Waals surface area contributed by atoms with Crippen molar-refractivity contribution < 1.29 is 18.7 Å². The highest BCUT2D eigenvalue weighted by Crippen LogP contribution is 2.24. The number of piperidine rings is 1. The Hall–Kier alpha value is -1.49. The van der Waals surface area contributed by atoms with Gasteiger partial charge < -0.3 is 18.8 Å². The molecule has 1 saturated heterocycles. The molecule has 0 radical (unpaired) electrons. The number of ether oxygens (including phenoxy) is 2. The van der Waals surface area contributed by atoms with E-state index in [1.165, 1.54) is 0 Å². The Morgan fingerprint density at radius 3 is 2.87 bits per heavy atom. The van der Waals surface area contributed by atoms with Crippen LogP contribution >= 0.6 is 0 Å². The standard InChI is InChI=1S/C18H29NO4/c1-14(16-9-7-12-22-16)21-13-10-15-8-5-6-11-19(15)17(20)23-18(2,3)4/h7,9,12,14-15H,5-6,8,10-11,13H2,1-4H3. The van der Waals surface area contributed by atoms with E-state index >= 15 is 0 Å². The van der Waals surface area contributed by atoms with Gasteiger partial charge in [0.1, 0.15) is 17.5 Å². The second-order valence-electron chi connectivity index (χ2n) is 7.14. The van der Waals surface area contributed by atoms with E-state index in [4.69, 9.17) is 13.9 Å². The Morgan fingerprint density at radius 2 is 2.22 bits per heavy atom. The highest BCUT2D eigenvalue weighted by Gasteiger charge is 2.30. The SMILES string of the molecule is CC(OCCC1CCCCN1C(=O)OC(C)(C)C)c1ccco1. The molecule has 130 valence electrons. The van der Waals surface area contributed by atoms with Crippen LogP contribution in [0.2, 0.25) is 0 Å². The second kappa shape index (κ2) is 7.86. The molecule has 5 nitrogen and oxygen atoms in total. The molecule has 0 saturated carbocycles. The van der Waals surface area contributed by atoms with Gasteiger partial charge in [-0.2, -0.15) is 0 Å². The third-order valence-corrected chi connectivity index (χ3v) is 4.02. The van der Waals surface area contributed by atoms with E-state index in [1.54, 1.807) is 6.26 Å². The van der Waals surface area contributed by atoms with Crippen LogP contribution in [0.1, 0.15) is 65.2 Å². The van der Waals surface area contributed by atoms with E-state index in [2.05, 4.69) is 0 Å². The number of nitrogens with zero attached hydrogens (tertiary/aromatic N) is 1. The van der Waals surface area contributed by atoms with Crippen molar-refractivity contribution in [3.05, 3.63) is 24.2 Å². The Balaban J connectivity index is 1.82. The average molecular weight is 323 g/mol. The predicted molar refractivity (Wildman–Crippen MR) is 88.3 cm³/mol. The van der Waals surface area contributed by atoms with Crippen molar-refractivity contribution in [3.8, 4) is 0 Å². The zero-order valence-corrected chi connectivity index (χ0v) is 14.7. The number of carbonyl (C=O) groups excluding carboxylic acids is 1. The first-order valence-electron chi connectivity index (χ1n) is 8.51. The van der Waals surface area contributed by atoms with Crippen LogP contribution in [-0.4, -0.2) is 35.8 Å². The maximum absolute atomic E-state index is 12.4. The fourth-order valence-corrected chi connectivity index (χ4v) is 2.85. The quantitative estimate of drug-likeness (QED) is 0.798. The van der Waals surface area contributed by atoms with Crippen LogP contribution in [0.5, 0.6) is 0 Å². The number of likely N-dealkylation sites (tertiary alicyclic amines) is 1. The number of carbonyl (C=O) groups is 1. The summed E-state index contributed by atoms with van der Waals surface area (Å²) in [6.45, 7) is 9.05. The van der Waals surface area contributed by atoms with Crippen molar-refractivity contribution in [1.29, 1.82) is 0 Å². The van der Waals surface area contributed by atoms with Crippen molar-refractivity contribution in [3.63, 3.8) is 0 Å². The van der Waals surface area contributed by atoms with Crippen LogP contribution in [-0.2, 0) is 9.47 Å². The van der Waals surface area contributed by atoms with Gasteiger partial charge in [0.15, 0.2) is 0 Å². The van der Waals surface area contributed by atoms with E-state index in [1.807, 2.05) is 44.7 Å². The van der Waals surface area contributed by atoms with Crippen molar-refractivity contribution in [2.45, 2.75) is 71.1 Å². The summed E-state index contributed by atoms with van der Waals surface area (Å²) in [5, 5.41) is 0. The first-order chi connectivity index (χ1) is 10.9. The second-order valence-corrected chi connectivity index (χ2v) is 7.14. The molecule has 5 heteroatoms. The van der Waals surface area contributed by atoms with Gasteiger partial charge in [-0.25, -0.2) is 4.79 Å². The minimum absolute atomic E-state index is 0.0661. The number of furan rings is 1. The number of amides is 1. The molecule has 0 aliphatic carbocycles. The van der Waals surface area contributed by atoms with E-state index in [0.29, 0.717) is 6.61 Å². The Labute approximate surface area is 138 Å². The summed E-state index contributed by atoms with van der Waals surface area (Å²) < 4.78 is 16.7. The van der Waals surface area contributed by atoms with Crippen molar-refractivity contribution in [2.75, 3.05) is 13.2 Å². The van der Waals surface area contributed by atoms with Gasteiger partial charge in [-0.05, 0) is 65.5 Å². The maximum atomic E-state index is 12.4. The lowest BCUT2D eigenvalue weighted by molar-refractivity contribution is -0.00230. The zero-order valence-electron chi connectivity index (χ0n) is 14.7. The number of hydrogen-bond acceptors (Lipinski definition) is 4. The van der Waals surface area contributed by atoms with E-state index in [0.717, 1.165) is 38.0 Å². The summed E-state index contributed by atoms with van der Waals surface area (Å²) in [6.07, 6.45) is 5.41. The summed E-state index contributed by atoms with van der Waals surface area (Å²) in [7, 11) is 0. The first kappa shape index (κ1) is 17.9. The van der Waals surface area contributed by atoms with Crippen molar-refractivity contribution in [1.82, 2.24) is 4.90 Å². The monoisotopic (exact) mass is 323 g/mol. The largest absolute Gasteiger partial charge is 0.467 e. The smallest absolute Gasteiger partial charge is 0.410 e. The van der Waals surface area contributed by atoms with Gasteiger partial charge >= 0.3 is 6.09 Å². The lowest BCUT2D eigenvalue weighted by Gasteiger charge is -2.36. The van der Waals surface area contributed by atoms with Gasteiger partial charge in [0.25, 0.3) is 0 Å². The molecule has 1 aliphatic heterocycles. The molecule has 2 heterocycles. The Bertz CT molecular complexity index is 478. The molecule has 2 unspecified atom stereocenters. The topological polar surface area (TPSA) is 51.9 Å². The fourth-order valence-electron chi connectivity index (χ4n) is 2.85. The van der Waals surface area contributed by atoms with Gasteiger partial charge in [-0.3, -0.25) is 0 Å². The van der Waals surface area contributed by atoms with Crippen LogP contribution < -0.4 is 0 Å². The fraction of sp³-hybridized carbons (Fsp3) is 0.722. The molecular weight excluding hydrogens is 294 g/mol. The Kier molecular flexibility index (Phi) is 6.10. The predicted octanol–water partition coefficient (Wildman–Crippen LogP) is 4.54. The summed E-state index contributed by atoms with van der Waals surface area (Å²) in [5.41, 5.74) is -0.455. The molecule has 0 bridgehead atoms. The molecule has 1 amide bonds. The van der Waals surface area contributed by atoms with E-state index in [-0.39, 0.29) is 18.2 Å². The molecule has 23 heavy (non-hydrogen) atoms. The molecular formula is C18H29NO4. The van der Waals surface area contributed by atoms with Gasteiger partial charge in [-0.15, -0.1) is 0 Å². The highest BCUT2D eigenvalue weighted by molar-refractivity contribution is 5.68. The van der Waals surface area contributed by atoms with Gasteiger partial charge in [0.05, 0.1) is 6.26 Å². The molecule has 1 aromatic rings. The van der Waals surface area contributed by atoms with Gasteiger partial charge in [0, 0.05) is 19.2 Å².